The molecule has 2 aromatic rings. The predicted molar refractivity (Wildman–Crippen MR) is 80.8 cm³/mol. The highest BCUT2D eigenvalue weighted by atomic mass is 79.9. The normalized spacial score (nSPS) is 10.4. The average molecular weight is 406 g/mol. The van der Waals surface area contributed by atoms with Gasteiger partial charge in [-0.15, -0.1) is 0 Å². The highest BCUT2D eigenvalue weighted by Crippen LogP contribution is 2.38. The van der Waals surface area contributed by atoms with Gasteiger partial charge in [0.05, 0.1) is 22.7 Å². The molecule has 1 N–H and O–H groups in total. The Morgan fingerprint density at radius 3 is 2.35 bits per heavy atom. The second-order valence-electron chi connectivity index (χ2n) is 3.97. The second-order valence-corrected chi connectivity index (χ2v) is 5.68. The lowest BCUT2D eigenvalue weighted by molar-refractivity contribution is 0.280. The van der Waals surface area contributed by atoms with Crippen molar-refractivity contribution in [2.75, 3.05) is 7.11 Å². The standard InChI is InChI=1S/C14H11Br2FO3/c1-19-13-5-12(16)14(6-11(13)15)20-10-3-8(7-18)2-9(17)4-10/h2-6,18H,7H2,1H3. The van der Waals surface area contributed by atoms with E-state index in [1.54, 1.807) is 25.3 Å². The van der Waals surface area contributed by atoms with Gasteiger partial charge < -0.3 is 14.6 Å². The number of halogens is 3. The van der Waals surface area contributed by atoms with Gasteiger partial charge in [0, 0.05) is 6.07 Å². The second kappa shape index (κ2) is 6.56. The molecule has 0 amide bonds. The maximum Gasteiger partial charge on any atom is 0.143 e. The van der Waals surface area contributed by atoms with Gasteiger partial charge in [0.15, 0.2) is 0 Å². The number of rotatable bonds is 4. The molecule has 0 saturated heterocycles. The van der Waals surface area contributed by atoms with Crippen molar-refractivity contribution in [2.24, 2.45) is 0 Å². The van der Waals surface area contributed by atoms with Crippen LogP contribution in [0.4, 0.5) is 4.39 Å². The molecule has 0 aliphatic carbocycles. The first kappa shape index (κ1) is 15.3. The molecule has 0 heterocycles. The quantitative estimate of drug-likeness (QED) is 0.804. The number of aliphatic hydroxyl groups is 1. The summed E-state index contributed by atoms with van der Waals surface area (Å²) >= 11 is 6.72. The van der Waals surface area contributed by atoms with E-state index in [1.807, 2.05) is 0 Å². The van der Waals surface area contributed by atoms with E-state index in [0.717, 1.165) is 4.47 Å². The van der Waals surface area contributed by atoms with E-state index in [-0.39, 0.29) is 6.61 Å². The molecule has 6 heteroatoms. The first-order chi connectivity index (χ1) is 9.53. The zero-order chi connectivity index (χ0) is 14.7. The molecule has 0 aliphatic rings. The minimum Gasteiger partial charge on any atom is -0.496 e. The molecule has 3 nitrogen and oxygen atoms in total. The van der Waals surface area contributed by atoms with Gasteiger partial charge in [-0.25, -0.2) is 4.39 Å². The van der Waals surface area contributed by atoms with Gasteiger partial charge in [-0.1, -0.05) is 0 Å². The van der Waals surface area contributed by atoms with Crippen LogP contribution in [0.15, 0.2) is 39.3 Å². The third-order valence-electron chi connectivity index (χ3n) is 2.55. The predicted octanol–water partition coefficient (Wildman–Crippen LogP) is 4.64. The van der Waals surface area contributed by atoms with E-state index in [4.69, 9.17) is 14.6 Å². The Balaban J connectivity index is 2.35. The number of hydrogen-bond donors (Lipinski definition) is 1. The van der Waals surface area contributed by atoms with Crippen LogP contribution in [0.5, 0.6) is 17.2 Å². The number of hydrogen-bond acceptors (Lipinski definition) is 3. The summed E-state index contributed by atoms with van der Waals surface area (Å²) in [6.07, 6.45) is 0. The molecule has 0 saturated carbocycles. The summed E-state index contributed by atoms with van der Waals surface area (Å²) in [5, 5.41) is 9.06. The van der Waals surface area contributed by atoms with Crippen molar-refractivity contribution in [3.8, 4) is 17.2 Å². The van der Waals surface area contributed by atoms with Crippen LogP contribution in [-0.4, -0.2) is 12.2 Å². The lowest BCUT2D eigenvalue weighted by Crippen LogP contribution is -1.92. The lowest BCUT2D eigenvalue weighted by atomic mass is 10.2. The minimum absolute atomic E-state index is 0.248. The van der Waals surface area contributed by atoms with E-state index in [9.17, 15) is 4.39 Å². The van der Waals surface area contributed by atoms with Gasteiger partial charge in [-0.05, 0) is 61.7 Å². The molecule has 0 atom stereocenters. The molecule has 0 fully saturated rings. The lowest BCUT2D eigenvalue weighted by Gasteiger charge is -2.11. The van der Waals surface area contributed by atoms with E-state index < -0.39 is 5.82 Å². The van der Waals surface area contributed by atoms with Crippen LogP contribution < -0.4 is 9.47 Å². The van der Waals surface area contributed by atoms with Gasteiger partial charge in [-0.3, -0.25) is 0 Å². The molecular formula is C14H11Br2FO3. The fourth-order valence-electron chi connectivity index (χ4n) is 1.64. The average Bonchev–Trinajstić information content (AvgIpc) is 2.41. The molecule has 20 heavy (non-hydrogen) atoms. The number of aliphatic hydroxyl groups excluding tert-OH is 1. The van der Waals surface area contributed by atoms with Gasteiger partial charge >= 0.3 is 0 Å². The van der Waals surface area contributed by atoms with Gasteiger partial charge in [0.1, 0.15) is 23.1 Å². The summed E-state index contributed by atoms with van der Waals surface area (Å²) in [5.74, 6) is 1.01. The zero-order valence-electron chi connectivity index (χ0n) is 10.5. The molecule has 0 aliphatic heterocycles. The zero-order valence-corrected chi connectivity index (χ0v) is 13.7. The highest BCUT2D eigenvalue weighted by molar-refractivity contribution is 9.11. The number of methoxy groups -OCH3 is 1. The summed E-state index contributed by atoms with van der Waals surface area (Å²) in [5.41, 5.74) is 0.448. The summed E-state index contributed by atoms with van der Waals surface area (Å²) in [6, 6.07) is 7.54. The van der Waals surface area contributed by atoms with Crippen molar-refractivity contribution in [1.82, 2.24) is 0 Å². The SMILES string of the molecule is COc1cc(Br)c(Oc2cc(F)cc(CO)c2)cc1Br. The van der Waals surface area contributed by atoms with Crippen LogP contribution in [0.3, 0.4) is 0 Å². The third-order valence-corrected chi connectivity index (χ3v) is 3.79. The first-order valence-corrected chi connectivity index (χ1v) is 7.23. The van der Waals surface area contributed by atoms with Crippen LogP contribution in [-0.2, 0) is 6.61 Å². The Morgan fingerprint density at radius 1 is 1.05 bits per heavy atom. The van der Waals surface area contributed by atoms with Crippen LogP contribution in [0.1, 0.15) is 5.56 Å². The van der Waals surface area contributed by atoms with Crippen molar-refractivity contribution >= 4 is 31.9 Å². The van der Waals surface area contributed by atoms with E-state index in [2.05, 4.69) is 31.9 Å². The molecule has 2 aromatic carbocycles. The molecular weight excluding hydrogens is 395 g/mol. The van der Waals surface area contributed by atoms with E-state index in [0.29, 0.717) is 27.3 Å². The maximum absolute atomic E-state index is 13.4. The van der Waals surface area contributed by atoms with Crippen LogP contribution >= 0.6 is 31.9 Å². The molecule has 0 bridgehead atoms. The van der Waals surface area contributed by atoms with Crippen molar-refractivity contribution in [2.45, 2.75) is 6.61 Å². The minimum atomic E-state index is -0.463. The van der Waals surface area contributed by atoms with Gasteiger partial charge in [0.25, 0.3) is 0 Å². The molecule has 0 aromatic heterocycles. The third kappa shape index (κ3) is 3.50. The summed E-state index contributed by atoms with van der Waals surface area (Å²) in [7, 11) is 1.56. The van der Waals surface area contributed by atoms with Crippen LogP contribution in [0.2, 0.25) is 0 Å². The van der Waals surface area contributed by atoms with E-state index >= 15 is 0 Å². The monoisotopic (exact) mass is 404 g/mol. The fourth-order valence-corrected chi connectivity index (χ4v) is 2.53. The van der Waals surface area contributed by atoms with Crippen LogP contribution in [0, 0.1) is 5.82 Å². The number of benzene rings is 2. The van der Waals surface area contributed by atoms with Crippen molar-refractivity contribution in [1.29, 1.82) is 0 Å². The van der Waals surface area contributed by atoms with Gasteiger partial charge in [0.2, 0.25) is 0 Å². The first-order valence-electron chi connectivity index (χ1n) is 5.64. The maximum atomic E-state index is 13.4. The van der Waals surface area contributed by atoms with Crippen molar-refractivity contribution < 1.29 is 19.0 Å². The number of ether oxygens (including phenoxy) is 2. The molecule has 0 radical (unpaired) electrons. The Hall–Kier alpha value is -1.11. The Labute approximate surface area is 132 Å². The smallest absolute Gasteiger partial charge is 0.143 e. The highest BCUT2D eigenvalue weighted by Gasteiger charge is 2.10. The molecule has 106 valence electrons. The Morgan fingerprint density at radius 2 is 1.70 bits per heavy atom. The molecule has 0 spiro atoms. The Bertz CT molecular complexity index is 632. The van der Waals surface area contributed by atoms with Crippen molar-refractivity contribution in [3.63, 3.8) is 0 Å². The van der Waals surface area contributed by atoms with Crippen molar-refractivity contribution in [3.05, 3.63) is 50.7 Å². The van der Waals surface area contributed by atoms with E-state index in [1.165, 1.54) is 12.1 Å². The molecule has 2 rings (SSSR count). The largest absolute Gasteiger partial charge is 0.496 e. The van der Waals surface area contributed by atoms with Gasteiger partial charge in [-0.2, -0.15) is 0 Å². The molecule has 0 unspecified atom stereocenters. The topological polar surface area (TPSA) is 38.7 Å². The summed E-state index contributed by atoms with van der Waals surface area (Å²) in [6.45, 7) is -0.248. The summed E-state index contributed by atoms with van der Waals surface area (Å²) < 4.78 is 25.6. The van der Waals surface area contributed by atoms with Crippen LogP contribution in [0.25, 0.3) is 0 Å². The fraction of sp³-hybridized carbons (Fsp3) is 0.143. The Kier molecular flexibility index (Phi) is 5.01. The summed E-state index contributed by atoms with van der Waals surface area (Å²) in [4.78, 5) is 0.